The molecule has 0 atom stereocenters. The highest BCUT2D eigenvalue weighted by molar-refractivity contribution is 5.94. The molecule has 1 amide bonds. The Kier molecular flexibility index (Phi) is 4.47. The first-order chi connectivity index (χ1) is 13.8. The molecule has 2 fully saturated rings. The summed E-state index contributed by atoms with van der Waals surface area (Å²) in [5.41, 5.74) is 4.84. The Bertz CT molecular complexity index is 850. The quantitative estimate of drug-likeness (QED) is 0.873. The van der Waals surface area contributed by atoms with E-state index in [0.717, 1.165) is 64.3 Å². The third-order valence-corrected chi connectivity index (χ3v) is 6.61. The predicted octanol–water partition coefficient (Wildman–Crippen LogP) is 3.12. The lowest BCUT2D eigenvalue weighted by atomic mass is 9.74. The van der Waals surface area contributed by atoms with Crippen molar-refractivity contribution in [2.45, 2.75) is 18.3 Å². The summed E-state index contributed by atoms with van der Waals surface area (Å²) in [6.07, 6.45) is 2.04. The normalized spacial score (nSPS) is 20.7. The van der Waals surface area contributed by atoms with Crippen LogP contribution in [0, 0.1) is 0 Å². The number of nitrogens with one attached hydrogen (secondary N) is 1. The van der Waals surface area contributed by atoms with Gasteiger partial charge < -0.3 is 19.9 Å². The Morgan fingerprint density at radius 1 is 0.929 bits per heavy atom. The van der Waals surface area contributed by atoms with E-state index in [4.69, 9.17) is 4.74 Å². The van der Waals surface area contributed by atoms with E-state index < -0.39 is 0 Å². The van der Waals surface area contributed by atoms with Crippen LogP contribution in [0.5, 0.6) is 0 Å². The standard InChI is InChI=1S/C23H27N3O2/c27-22(18-5-7-19(8-6-18)25-13-15-28-16-14-25)26-11-9-23(10-12-26)17-24-21-4-2-1-3-20(21)23/h1-8,24H,9-17H2. The number of anilines is 2. The van der Waals surface area contributed by atoms with Gasteiger partial charge in [-0.05, 0) is 48.7 Å². The molecule has 0 unspecified atom stereocenters. The third kappa shape index (κ3) is 3.04. The Labute approximate surface area is 166 Å². The molecule has 0 radical (unpaired) electrons. The van der Waals surface area contributed by atoms with Gasteiger partial charge in [0.15, 0.2) is 0 Å². The monoisotopic (exact) mass is 377 g/mol. The van der Waals surface area contributed by atoms with Crippen LogP contribution < -0.4 is 10.2 Å². The Morgan fingerprint density at radius 2 is 1.64 bits per heavy atom. The smallest absolute Gasteiger partial charge is 0.253 e. The molecule has 2 aromatic carbocycles. The van der Waals surface area contributed by atoms with Crippen LogP contribution in [0.2, 0.25) is 0 Å². The van der Waals surface area contributed by atoms with Gasteiger partial charge in [0, 0.05) is 55.1 Å². The number of amides is 1. The molecular formula is C23H27N3O2. The summed E-state index contributed by atoms with van der Waals surface area (Å²) in [5, 5.41) is 3.56. The van der Waals surface area contributed by atoms with Gasteiger partial charge in [0.25, 0.3) is 5.91 Å². The highest BCUT2D eigenvalue weighted by atomic mass is 16.5. The molecule has 1 N–H and O–H groups in total. The molecule has 3 aliphatic rings. The Balaban J connectivity index is 1.25. The molecule has 0 aromatic heterocycles. The van der Waals surface area contributed by atoms with Gasteiger partial charge in [0.2, 0.25) is 0 Å². The highest BCUT2D eigenvalue weighted by Gasteiger charge is 2.42. The Morgan fingerprint density at radius 3 is 2.39 bits per heavy atom. The molecule has 146 valence electrons. The van der Waals surface area contributed by atoms with Crippen LogP contribution in [0.15, 0.2) is 48.5 Å². The van der Waals surface area contributed by atoms with Crippen molar-refractivity contribution in [1.82, 2.24) is 4.90 Å². The summed E-state index contributed by atoms with van der Waals surface area (Å²) in [6.45, 7) is 6.00. The van der Waals surface area contributed by atoms with Crippen molar-refractivity contribution in [2.75, 3.05) is 56.2 Å². The first-order valence-corrected chi connectivity index (χ1v) is 10.3. The molecule has 5 nitrogen and oxygen atoms in total. The lowest BCUT2D eigenvalue weighted by Crippen LogP contribution is -2.46. The van der Waals surface area contributed by atoms with E-state index >= 15 is 0 Å². The Hall–Kier alpha value is -2.53. The minimum atomic E-state index is 0.155. The van der Waals surface area contributed by atoms with Crippen LogP contribution in [0.4, 0.5) is 11.4 Å². The van der Waals surface area contributed by atoms with Crippen LogP contribution in [-0.2, 0) is 10.2 Å². The minimum absolute atomic E-state index is 0.155. The van der Waals surface area contributed by atoms with Crippen molar-refractivity contribution < 1.29 is 9.53 Å². The summed E-state index contributed by atoms with van der Waals surface area (Å²) in [4.78, 5) is 17.3. The average molecular weight is 377 g/mol. The van der Waals surface area contributed by atoms with Crippen molar-refractivity contribution >= 4 is 17.3 Å². The molecule has 2 aromatic rings. The van der Waals surface area contributed by atoms with Crippen molar-refractivity contribution in [1.29, 1.82) is 0 Å². The number of ether oxygens (including phenoxy) is 1. The number of rotatable bonds is 2. The summed E-state index contributed by atoms with van der Waals surface area (Å²) < 4.78 is 5.42. The molecular weight excluding hydrogens is 350 g/mol. The second-order valence-electron chi connectivity index (χ2n) is 8.12. The van der Waals surface area contributed by atoms with E-state index in [0.29, 0.717) is 0 Å². The van der Waals surface area contributed by atoms with E-state index in [1.54, 1.807) is 0 Å². The fraction of sp³-hybridized carbons (Fsp3) is 0.435. The van der Waals surface area contributed by atoms with Crippen LogP contribution >= 0.6 is 0 Å². The minimum Gasteiger partial charge on any atom is -0.384 e. The fourth-order valence-corrected chi connectivity index (χ4v) is 4.86. The molecule has 0 saturated carbocycles. The summed E-state index contributed by atoms with van der Waals surface area (Å²) in [7, 11) is 0. The van der Waals surface area contributed by atoms with Crippen LogP contribution in [0.25, 0.3) is 0 Å². The van der Waals surface area contributed by atoms with E-state index in [1.807, 2.05) is 17.0 Å². The van der Waals surface area contributed by atoms with Gasteiger partial charge in [0.05, 0.1) is 13.2 Å². The van der Waals surface area contributed by atoms with Gasteiger partial charge in [-0.25, -0.2) is 0 Å². The molecule has 5 heteroatoms. The van der Waals surface area contributed by atoms with Gasteiger partial charge in [-0.1, -0.05) is 18.2 Å². The molecule has 28 heavy (non-hydrogen) atoms. The summed E-state index contributed by atoms with van der Waals surface area (Å²) in [5.74, 6) is 0.155. The second kappa shape index (κ2) is 7.13. The van der Waals surface area contributed by atoms with Crippen LogP contribution in [0.1, 0.15) is 28.8 Å². The lowest BCUT2D eigenvalue weighted by molar-refractivity contribution is 0.0676. The van der Waals surface area contributed by atoms with Crippen molar-refractivity contribution in [3.05, 3.63) is 59.7 Å². The molecule has 1 spiro atoms. The molecule has 0 bridgehead atoms. The van der Waals surface area contributed by atoms with Crippen molar-refractivity contribution in [3.8, 4) is 0 Å². The SMILES string of the molecule is O=C(c1ccc(N2CCOCC2)cc1)N1CCC2(CC1)CNc1ccccc12. The van der Waals surface area contributed by atoms with E-state index in [2.05, 4.69) is 46.6 Å². The van der Waals surface area contributed by atoms with Gasteiger partial charge in [0.1, 0.15) is 0 Å². The zero-order valence-electron chi connectivity index (χ0n) is 16.2. The zero-order chi connectivity index (χ0) is 19.0. The van der Waals surface area contributed by atoms with Crippen LogP contribution in [-0.4, -0.2) is 56.7 Å². The second-order valence-corrected chi connectivity index (χ2v) is 8.12. The number of fused-ring (bicyclic) bond motifs is 2. The van der Waals surface area contributed by atoms with Crippen molar-refractivity contribution in [2.24, 2.45) is 0 Å². The molecule has 3 heterocycles. The maximum absolute atomic E-state index is 13.0. The molecule has 5 rings (SSSR count). The average Bonchev–Trinajstić information content (AvgIpc) is 3.13. The molecule has 2 saturated heterocycles. The van der Waals surface area contributed by atoms with Crippen molar-refractivity contribution in [3.63, 3.8) is 0 Å². The maximum atomic E-state index is 13.0. The molecule has 3 aliphatic heterocycles. The highest BCUT2D eigenvalue weighted by Crippen LogP contribution is 2.43. The van der Waals surface area contributed by atoms with E-state index in [1.165, 1.54) is 16.9 Å². The number of hydrogen-bond donors (Lipinski definition) is 1. The number of nitrogens with zero attached hydrogens (tertiary/aromatic N) is 2. The van der Waals surface area contributed by atoms with Crippen LogP contribution in [0.3, 0.4) is 0 Å². The van der Waals surface area contributed by atoms with Gasteiger partial charge in [-0.3, -0.25) is 4.79 Å². The zero-order valence-corrected chi connectivity index (χ0v) is 16.2. The number of carbonyl (C=O) groups excluding carboxylic acids is 1. The first-order valence-electron chi connectivity index (χ1n) is 10.3. The summed E-state index contributed by atoms with van der Waals surface area (Å²) >= 11 is 0. The van der Waals surface area contributed by atoms with Gasteiger partial charge in [-0.2, -0.15) is 0 Å². The topological polar surface area (TPSA) is 44.8 Å². The number of para-hydroxylation sites is 1. The third-order valence-electron chi connectivity index (χ3n) is 6.61. The number of benzene rings is 2. The van der Waals surface area contributed by atoms with Gasteiger partial charge >= 0.3 is 0 Å². The maximum Gasteiger partial charge on any atom is 0.253 e. The lowest BCUT2D eigenvalue weighted by Gasteiger charge is -2.39. The predicted molar refractivity (Wildman–Crippen MR) is 111 cm³/mol. The number of carbonyl (C=O) groups is 1. The number of likely N-dealkylation sites (tertiary alicyclic amines) is 1. The number of piperidine rings is 1. The van der Waals surface area contributed by atoms with E-state index in [-0.39, 0.29) is 11.3 Å². The molecule has 0 aliphatic carbocycles. The fourth-order valence-electron chi connectivity index (χ4n) is 4.86. The first kappa shape index (κ1) is 17.6. The van der Waals surface area contributed by atoms with Gasteiger partial charge in [-0.15, -0.1) is 0 Å². The number of hydrogen-bond acceptors (Lipinski definition) is 4. The van der Waals surface area contributed by atoms with E-state index in [9.17, 15) is 4.79 Å². The number of morpholine rings is 1. The summed E-state index contributed by atoms with van der Waals surface area (Å²) in [6, 6.07) is 16.7. The largest absolute Gasteiger partial charge is 0.384 e.